The Kier molecular flexibility index (Phi) is 6.42. The molecule has 0 saturated heterocycles. The molecule has 0 N–H and O–H groups in total. The summed E-state index contributed by atoms with van der Waals surface area (Å²) in [5.41, 5.74) is 2.16. The molecule has 1 aromatic heterocycles. The zero-order chi connectivity index (χ0) is 19.1. The van der Waals surface area contributed by atoms with Crippen molar-refractivity contribution in [2.24, 2.45) is 0 Å². The van der Waals surface area contributed by atoms with Gasteiger partial charge in [0.1, 0.15) is 11.6 Å². The molecule has 0 bridgehead atoms. The van der Waals surface area contributed by atoms with Gasteiger partial charge in [-0.3, -0.25) is 4.79 Å². The highest BCUT2D eigenvalue weighted by Crippen LogP contribution is 2.25. The molecule has 2 aromatic carbocycles. The van der Waals surface area contributed by atoms with Crippen LogP contribution in [0.3, 0.4) is 0 Å². The molecule has 0 radical (unpaired) electrons. The van der Waals surface area contributed by atoms with Crippen LogP contribution in [0.4, 0.5) is 4.39 Å². The van der Waals surface area contributed by atoms with Crippen LogP contribution < -0.4 is 0 Å². The van der Waals surface area contributed by atoms with Crippen molar-refractivity contribution in [2.75, 3.05) is 6.54 Å². The van der Waals surface area contributed by atoms with Crippen molar-refractivity contribution in [1.29, 1.82) is 0 Å². The number of carbonyl (C=O) groups excluding carboxylic acids is 1. The molecule has 0 unspecified atom stereocenters. The third-order valence-corrected chi connectivity index (χ3v) is 4.75. The van der Waals surface area contributed by atoms with Crippen LogP contribution >= 0.6 is 0 Å². The van der Waals surface area contributed by atoms with Gasteiger partial charge in [0.15, 0.2) is 0 Å². The van der Waals surface area contributed by atoms with Crippen LogP contribution in [-0.4, -0.2) is 17.4 Å². The lowest BCUT2D eigenvalue weighted by atomic mass is 9.93. The second-order valence-corrected chi connectivity index (χ2v) is 6.76. The minimum atomic E-state index is -0.270. The number of hydrogen-bond acceptors (Lipinski definition) is 2. The topological polar surface area (TPSA) is 33.5 Å². The van der Waals surface area contributed by atoms with Gasteiger partial charge in [0.2, 0.25) is 5.91 Å². The lowest BCUT2D eigenvalue weighted by Gasteiger charge is -2.24. The lowest BCUT2D eigenvalue weighted by Crippen LogP contribution is -2.30. The first-order chi connectivity index (χ1) is 13.1. The number of nitrogens with zero attached hydrogens (tertiary/aromatic N) is 1. The van der Waals surface area contributed by atoms with Crippen LogP contribution in [0.2, 0.25) is 0 Å². The molecule has 140 valence electrons. The zero-order valence-corrected chi connectivity index (χ0v) is 15.5. The van der Waals surface area contributed by atoms with Gasteiger partial charge in [-0.2, -0.15) is 0 Å². The van der Waals surface area contributed by atoms with Gasteiger partial charge in [-0.25, -0.2) is 4.39 Å². The van der Waals surface area contributed by atoms with Gasteiger partial charge in [-0.1, -0.05) is 42.5 Å². The molecule has 0 spiro atoms. The van der Waals surface area contributed by atoms with Crippen molar-refractivity contribution in [2.45, 2.75) is 32.2 Å². The number of furan rings is 1. The van der Waals surface area contributed by atoms with E-state index in [4.69, 9.17) is 4.42 Å². The fourth-order valence-corrected chi connectivity index (χ4v) is 3.24. The highest BCUT2D eigenvalue weighted by Gasteiger charge is 2.18. The third kappa shape index (κ3) is 5.55. The maximum atomic E-state index is 13.1. The Bertz CT molecular complexity index is 829. The lowest BCUT2D eigenvalue weighted by molar-refractivity contribution is -0.129. The van der Waals surface area contributed by atoms with E-state index in [-0.39, 0.29) is 17.6 Å². The predicted octanol–water partition coefficient (Wildman–Crippen LogP) is 5.18. The molecule has 3 aromatic rings. The van der Waals surface area contributed by atoms with E-state index in [0.29, 0.717) is 13.1 Å². The molecule has 3 rings (SSSR count). The van der Waals surface area contributed by atoms with E-state index in [1.165, 1.54) is 17.7 Å². The highest BCUT2D eigenvalue weighted by atomic mass is 19.1. The Hall–Kier alpha value is -2.88. The summed E-state index contributed by atoms with van der Waals surface area (Å²) in [4.78, 5) is 13.9. The summed E-state index contributed by atoms with van der Waals surface area (Å²) in [6.07, 6.45) is 3.34. The van der Waals surface area contributed by atoms with E-state index in [1.807, 2.05) is 30.3 Å². The predicted molar refractivity (Wildman–Crippen MR) is 104 cm³/mol. The fraction of sp³-hybridized carbons (Fsp3) is 0.261. The smallest absolute Gasteiger partial charge is 0.219 e. The van der Waals surface area contributed by atoms with Crippen molar-refractivity contribution in [1.82, 2.24) is 4.90 Å². The van der Waals surface area contributed by atoms with Gasteiger partial charge in [-0.15, -0.1) is 0 Å². The van der Waals surface area contributed by atoms with Crippen LogP contribution in [0, 0.1) is 5.82 Å². The van der Waals surface area contributed by atoms with E-state index in [1.54, 1.807) is 30.2 Å². The second kappa shape index (κ2) is 9.17. The van der Waals surface area contributed by atoms with Gasteiger partial charge < -0.3 is 9.32 Å². The van der Waals surface area contributed by atoms with E-state index < -0.39 is 0 Å². The van der Waals surface area contributed by atoms with Crippen LogP contribution in [0.5, 0.6) is 0 Å². The first-order valence-electron chi connectivity index (χ1n) is 9.19. The van der Waals surface area contributed by atoms with E-state index in [0.717, 1.165) is 24.2 Å². The molecule has 1 heterocycles. The molecule has 0 aliphatic rings. The van der Waals surface area contributed by atoms with Gasteiger partial charge in [0.05, 0.1) is 6.26 Å². The van der Waals surface area contributed by atoms with Gasteiger partial charge in [0, 0.05) is 25.9 Å². The molecule has 0 saturated carbocycles. The van der Waals surface area contributed by atoms with Crippen molar-refractivity contribution in [3.8, 4) is 0 Å². The monoisotopic (exact) mass is 365 g/mol. The molecule has 27 heavy (non-hydrogen) atoms. The zero-order valence-electron chi connectivity index (χ0n) is 15.5. The standard InChI is InChI=1S/C23H24FNO2/c1-18(26)25(17-20-9-11-22(24)12-10-20)14-13-21(23-8-5-15-27-23)16-19-6-3-2-4-7-19/h2-12,15,21H,13-14,16-17H2,1H3/t21-/m1/s1. The fourth-order valence-electron chi connectivity index (χ4n) is 3.24. The van der Waals surface area contributed by atoms with Gasteiger partial charge >= 0.3 is 0 Å². The molecule has 1 atom stereocenters. The van der Waals surface area contributed by atoms with E-state index >= 15 is 0 Å². The van der Waals surface area contributed by atoms with Gasteiger partial charge in [0.25, 0.3) is 0 Å². The summed E-state index contributed by atoms with van der Waals surface area (Å²) in [5.74, 6) is 0.868. The maximum Gasteiger partial charge on any atom is 0.219 e. The number of hydrogen-bond donors (Lipinski definition) is 0. The molecule has 4 heteroatoms. The Labute approximate surface area is 159 Å². The highest BCUT2D eigenvalue weighted by molar-refractivity contribution is 5.73. The normalized spacial score (nSPS) is 11.9. The minimum Gasteiger partial charge on any atom is -0.469 e. The quantitative estimate of drug-likeness (QED) is 0.551. The van der Waals surface area contributed by atoms with Crippen molar-refractivity contribution in [3.05, 3.63) is 95.7 Å². The molecular weight excluding hydrogens is 341 g/mol. The Balaban J connectivity index is 1.68. The Morgan fingerprint density at radius 1 is 1.00 bits per heavy atom. The van der Waals surface area contributed by atoms with Crippen LogP contribution in [0.25, 0.3) is 0 Å². The average molecular weight is 365 g/mol. The van der Waals surface area contributed by atoms with Crippen molar-refractivity contribution < 1.29 is 13.6 Å². The SMILES string of the molecule is CC(=O)N(CC[C@H](Cc1ccccc1)c1ccco1)Cc1ccc(F)cc1. The molecular formula is C23H24FNO2. The summed E-state index contributed by atoms with van der Waals surface area (Å²) < 4.78 is 18.8. The minimum absolute atomic E-state index is 0.0113. The number of carbonyl (C=O) groups is 1. The summed E-state index contributed by atoms with van der Waals surface area (Å²) in [7, 11) is 0. The summed E-state index contributed by atoms with van der Waals surface area (Å²) in [6.45, 7) is 2.67. The molecule has 0 fully saturated rings. The maximum absolute atomic E-state index is 13.1. The van der Waals surface area contributed by atoms with Crippen molar-refractivity contribution in [3.63, 3.8) is 0 Å². The van der Waals surface area contributed by atoms with E-state index in [2.05, 4.69) is 12.1 Å². The first-order valence-corrected chi connectivity index (χ1v) is 9.19. The molecule has 1 amide bonds. The second-order valence-electron chi connectivity index (χ2n) is 6.76. The number of amides is 1. The number of halogens is 1. The molecule has 0 aliphatic heterocycles. The molecule has 0 aliphatic carbocycles. The molecule has 3 nitrogen and oxygen atoms in total. The van der Waals surface area contributed by atoms with Crippen LogP contribution in [-0.2, 0) is 17.8 Å². The van der Waals surface area contributed by atoms with Crippen molar-refractivity contribution >= 4 is 5.91 Å². The number of rotatable bonds is 8. The third-order valence-electron chi connectivity index (χ3n) is 4.75. The van der Waals surface area contributed by atoms with E-state index in [9.17, 15) is 9.18 Å². The van der Waals surface area contributed by atoms with Crippen LogP contribution in [0.1, 0.15) is 36.1 Å². The average Bonchev–Trinajstić information content (AvgIpc) is 3.21. The largest absolute Gasteiger partial charge is 0.469 e. The summed E-state index contributed by atoms with van der Waals surface area (Å²) in [5, 5.41) is 0. The summed E-state index contributed by atoms with van der Waals surface area (Å²) >= 11 is 0. The Morgan fingerprint density at radius 3 is 2.37 bits per heavy atom. The number of benzene rings is 2. The van der Waals surface area contributed by atoms with Gasteiger partial charge in [-0.05, 0) is 48.2 Å². The van der Waals surface area contributed by atoms with Crippen LogP contribution in [0.15, 0.2) is 77.4 Å². The summed E-state index contributed by atoms with van der Waals surface area (Å²) in [6, 6.07) is 20.5. The Morgan fingerprint density at radius 2 is 1.74 bits per heavy atom. The first kappa shape index (κ1) is 18.9.